The Morgan fingerprint density at radius 2 is 2.05 bits per heavy atom. The van der Waals surface area contributed by atoms with Crippen LogP contribution >= 0.6 is 22.6 Å². The van der Waals surface area contributed by atoms with Gasteiger partial charge in [-0.25, -0.2) is 4.98 Å². The number of aliphatic hydroxyl groups excluding tert-OH is 1. The minimum absolute atomic E-state index is 0.140. The fourth-order valence-corrected chi connectivity index (χ4v) is 3.00. The molecule has 6 heteroatoms. The number of anilines is 2. The molecule has 1 aliphatic carbocycles. The SMILES string of the molecule is O[C@H]1C[C@@H](Nc2cc(I)cc(N3CCOCC3)n2)C1. The molecule has 2 N–H and O–H groups in total. The Kier molecular flexibility index (Phi) is 4.09. The maximum atomic E-state index is 9.33. The lowest BCUT2D eigenvalue weighted by Crippen LogP contribution is -2.39. The van der Waals surface area contributed by atoms with E-state index in [9.17, 15) is 5.11 Å². The third-order valence-electron chi connectivity index (χ3n) is 3.58. The van der Waals surface area contributed by atoms with Crippen LogP contribution in [-0.2, 0) is 4.74 Å². The maximum Gasteiger partial charge on any atom is 0.132 e. The molecule has 1 aromatic heterocycles. The lowest BCUT2D eigenvalue weighted by Gasteiger charge is -2.33. The van der Waals surface area contributed by atoms with Gasteiger partial charge < -0.3 is 20.1 Å². The molecule has 0 bridgehead atoms. The van der Waals surface area contributed by atoms with Crippen molar-refractivity contribution in [2.45, 2.75) is 25.0 Å². The van der Waals surface area contributed by atoms with Gasteiger partial charge in [-0.1, -0.05) is 0 Å². The van der Waals surface area contributed by atoms with Gasteiger partial charge in [-0.05, 0) is 47.6 Å². The van der Waals surface area contributed by atoms with Gasteiger partial charge in [-0.3, -0.25) is 0 Å². The monoisotopic (exact) mass is 375 g/mol. The number of nitrogens with zero attached hydrogens (tertiary/aromatic N) is 2. The van der Waals surface area contributed by atoms with E-state index in [1.807, 2.05) is 0 Å². The molecule has 2 aliphatic rings. The van der Waals surface area contributed by atoms with Crippen molar-refractivity contribution < 1.29 is 9.84 Å². The van der Waals surface area contributed by atoms with Crippen LogP contribution in [0.4, 0.5) is 11.6 Å². The fraction of sp³-hybridized carbons (Fsp3) is 0.615. The van der Waals surface area contributed by atoms with Crippen LogP contribution in [-0.4, -0.2) is 48.5 Å². The summed E-state index contributed by atoms with van der Waals surface area (Å²) >= 11 is 2.32. The van der Waals surface area contributed by atoms with Crippen molar-refractivity contribution >= 4 is 34.2 Å². The van der Waals surface area contributed by atoms with Crippen molar-refractivity contribution in [1.82, 2.24) is 4.98 Å². The molecule has 2 heterocycles. The van der Waals surface area contributed by atoms with Crippen LogP contribution in [0.2, 0.25) is 0 Å². The Balaban J connectivity index is 1.71. The summed E-state index contributed by atoms with van der Waals surface area (Å²) in [5, 5.41) is 12.7. The van der Waals surface area contributed by atoms with E-state index >= 15 is 0 Å². The van der Waals surface area contributed by atoms with Crippen LogP contribution in [0.25, 0.3) is 0 Å². The van der Waals surface area contributed by atoms with Gasteiger partial charge in [-0.15, -0.1) is 0 Å². The number of halogens is 1. The average molecular weight is 375 g/mol. The number of aliphatic hydroxyl groups is 1. The van der Waals surface area contributed by atoms with Gasteiger partial charge in [-0.2, -0.15) is 0 Å². The first-order valence-corrected chi connectivity index (χ1v) is 7.73. The molecule has 0 atom stereocenters. The molecule has 5 nitrogen and oxygen atoms in total. The second-order valence-electron chi connectivity index (χ2n) is 5.09. The molecule has 0 spiro atoms. The molecule has 104 valence electrons. The maximum absolute atomic E-state index is 9.33. The second-order valence-corrected chi connectivity index (χ2v) is 6.34. The molecule has 0 amide bonds. The summed E-state index contributed by atoms with van der Waals surface area (Å²) in [6.45, 7) is 3.33. The Bertz CT molecular complexity index is 446. The first-order valence-electron chi connectivity index (χ1n) is 6.65. The molecule has 1 saturated carbocycles. The molecule has 1 saturated heterocycles. The quantitative estimate of drug-likeness (QED) is 0.784. The Hall–Kier alpha value is -0.600. The number of nitrogens with one attached hydrogen (secondary N) is 1. The number of hydrogen-bond donors (Lipinski definition) is 2. The predicted octanol–water partition coefficient (Wildman–Crippen LogP) is 1.46. The van der Waals surface area contributed by atoms with Crippen molar-refractivity contribution in [1.29, 1.82) is 0 Å². The van der Waals surface area contributed by atoms with E-state index in [0.29, 0.717) is 6.04 Å². The fourth-order valence-electron chi connectivity index (χ4n) is 2.43. The van der Waals surface area contributed by atoms with Crippen LogP contribution in [0.3, 0.4) is 0 Å². The smallest absolute Gasteiger partial charge is 0.132 e. The molecule has 0 unspecified atom stereocenters. The van der Waals surface area contributed by atoms with Gasteiger partial charge in [0, 0.05) is 22.7 Å². The number of ether oxygens (including phenoxy) is 1. The van der Waals surface area contributed by atoms with Crippen LogP contribution in [0.5, 0.6) is 0 Å². The number of rotatable bonds is 3. The molecule has 0 aromatic carbocycles. The van der Waals surface area contributed by atoms with E-state index in [4.69, 9.17) is 4.74 Å². The summed E-state index contributed by atoms with van der Waals surface area (Å²) in [6, 6.07) is 4.51. The largest absolute Gasteiger partial charge is 0.393 e. The van der Waals surface area contributed by atoms with Crippen molar-refractivity contribution in [3.63, 3.8) is 0 Å². The van der Waals surface area contributed by atoms with Crippen molar-refractivity contribution in [3.8, 4) is 0 Å². The van der Waals surface area contributed by atoms with Gasteiger partial charge >= 0.3 is 0 Å². The third-order valence-corrected chi connectivity index (χ3v) is 4.20. The van der Waals surface area contributed by atoms with Crippen LogP contribution in [0, 0.1) is 3.57 Å². The van der Waals surface area contributed by atoms with Crippen LogP contribution in [0.15, 0.2) is 12.1 Å². The number of pyridine rings is 1. The first-order chi connectivity index (χ1) is 9.20. The van der Waals surface area contributed by atoms with E-state index in [-0.39, 0.29) is 6.10 Å². The van der Waals surface area contributed by atoms with Gasteiger partial charge in [0.25, 0.3) is 0 Å². The van der Waals surface area contributed by atoms with Gasteiger partial charge in [0.2, 0.25) is 0 Å². The Morgan fingerprint density at radius 3 is 2.74 bits per heavy atom. The van der Waals surface area contributed by atoms with Crippen molar-refractivity contribution in [2.24, 2.45) is 0 Å². The molecule has 19 heavy (non-hydrogen) atoms. The third kappa shape index (κ3) is 3.29. The zero-order valence-electron chi connectivity index (χ0n) is 10.7. The molecule has 1 aliphatic heterocycles. The molecule has 3 rings (SSSR count). The summed E-state index contributed by atoms with van der Waals surface area (Å²) in [5.41, 5.74) is 0. The highest BCUT2D eigenvalue weighted by Gasteiger charge is 2.27. The number of aromatic nitrogens is 1. The minimum Gasteiger partial charge on any atom is -0.393 e. The Labute approximate surface area is 126 Å². The van der Waals surface area contributed by atoms with Gasteiger partial charge in [0.05, 0.1) is 19.3 Å². The molecular formula is C13H18IN3O2. The highest BCUT2D eigenvalue weighted by Crippen LogP contribution is 2.26. The topological polar surface area (TPSA) is 57.6 Å². The number of morpholine rings is 1. The average Bonchev–Trinajstić information content (AvgIpc) is 2.37. The van der Waals surface area contributed by atoms with E-state index in [1.54, 1.807) is 0 Å². The molecule has 0 radical (unpaired) electrons. The van der Waals surface area contributed by atoms with Crippen molar-refractivity contribution in [2.75, 3.05) is 36.5 Å². The first kappa shape index (κ1) is 13.4. The van der Waals surface area contributed by atoms with Gasteiger partial charge in [0.15, 0.2) is 0 Å². The lowest BCUT2D eigenvalue weighted by molar-refractivity contribution is 0.0835. The van der Waals surface area contributed by atoms with Gasteiger partial charge in [0.1, 0.15) is 11.6 Å². The van der Waals surface area contributed by atoms with E-state index in [0.717, 1.165) is 50.8 Å². The highest BCUT2D eigenvalue weighted by atomic mass is 127. The molecule has 2 fully saturated rings. The summed E-state index contributed by atoms with van der Waals surface area (Å²) in [5.74, 6) is 1.92. The second kappa shape index (κ2) is 5.80. The summed E-state index contributed by atoms with van der Waals surface area (Å²) < 4.78 is 6.55. The highest BCUT2D eigenvalue weighted by molar-refractivity contribution is 14.1. The standard InChI is InChI=1S/C13H18IN3O2/c14-9-5-12(15-10-7-11(18)8-10)16-13(6-9)17-1-3-19-4-2-17/h5-6,10-11,18H,1-4,7-8H2,(H,15,16)/t10-,11+. The van der Waals surface area contributed by atoms with E-state index in [1.165, 1.54) is 3.57 Å². The van der Waals surface area contributed by atoms with Crippen LogP contribution in [0.1, 0.15) is 12.8 Å². The Morgan fingerprint density at radius 1 is 1.32 bits per heavy atom. The summed E-state index contributed by atoms with van der Waals surface area (Å²) in [4.78, 5) is 6.93. The summed E-state index contributed by atoms with van der Waals surface area (Å²) in [6.07, 6.45) is 1.50. The minimum atomic E-state index is -0.140. The number of hydrogen-bond acceptors (Lipinski definition) is 5. The van der Waals surface area contributed by atoms with E-state index < -0.39 is 0 Å². The lowest BCUT2D eigenvalue weighted by atomic mass is 9.89. The molecule has 1 aromatic rings. The van der Waals surface area contributed by atoms with Crippen molar-refractivity contribution in [3.05, 3.63) is 15.7 Å². The van der Waals surface area contributed by atoms with E-state index in [2.05, 4.69) is 49.9 Å². The van der Waals surface area contributed by atoms with Crippen LogP contribution < -0.4 is 10.2 Å². The normalized spacial score (nSPS) is 26.9. The zero-order valence-corrected chi connectivity index (χ0v) is 12.8. The zero-order chi connectivity index (χ0) is 13.2. The predicted molar refractivity (Wildman–Crippen MR) is 82.6 cm³/mol. The summed E-state index contributed by atoms with van der Waals surface area (Å²) in [7, 11) is 0. The molecular weight excluding hydrogens is 357 g/mol.